The first-order valence-corrected chi connectivity index (χ1v) is 7.86. The molecule has 5 nitrogen and oxygen atoms in total. The smallest absolute Gasteiger partial charge is 0.269 e. The number of nitro groups is 1. The lowest BCUT2D eigenvalue weighted by Gasteiger charge is -2.25. The monoisotopic (exact) mass is 326 g/mol. The third-order valence-electron chi connectivity index (χ3n) is 3.78. The summed E-state index contributed by atoms with van der Waals surface area (Å²) < 4.78 is 0. The van der Waals surface area contributed by atoms with Crippen LogP contribution in [0.1, 0.15) is 37.9 Å². The van der Waals surface area contributed by atoms with Crippen LogP contribution in [0.4, 0.5) is 5.69 Å². The highest BCUT2D eigenvalue weighted by Gasteiger charge is 2.25. The van der Waals surface area contributed by atoms with Crippen molar-refractivity contribution >= 4 is 11.6 Å². The summed E-state index contributed by atoms with van der Waals surface area (Å²) in [5.74, 6) is -0.0294. The Balaban J connectivity index is 2.23. The van der Waals surface area contributed by atoms with Crippen LogP contribution in [-0.4, -0.2) is 10.8 Å². The van der Waals surface area contributed by atoms with Crippen LogP contribution >= 0.6 is 0 Å². The molecular formula is C19H22N2O3. The third-order valence-corrected chi connectivity index (χ3v) is 3.78. The first-order chi connectivity index (χ1) is 11.3. The van der Waals surface area contributed by atoms with Gasteiger partial charge >= 0.3 is 0 Å². The molecule has 126 valence electrons. The molecule has 0 bridgehead atoms. The lowest BCUT2D eigenvalue weighted by atomic mass is 9.93. The van der Waals surface area contributed by atoms with Crippen molar-refractivity contribution in [3.63, 3.8) is 0 Å². The summed E-state index contributed by atoms with van der Waals surface area (Å²) in [5, 5.41) is 13.8. The maximum Gasteiger partial charge on any atom is 0.269 e. The van der Waals surface area contributed by atoms with E-state index in [2.05, 4.69) is 5.32 Å². The minimum absolute atomic E-state index is 0.0294. The van der Waals surface area contributed by atoms with Crippen molar-refractivity contribution in [3.8, 4) is 0 Å². The molecule has 0 aromatic heterocycles. The zero-order chi connectivity index (χ0) is 17.7. The molecule has 0 aliphatic heterocycles. The minimum Gasteiger partial charge on any atom is -0.349 e. The van der Waals surface area contributed by atoms with Gasteiger partial charge in [-0.1, -0.05) is 63.2 Å². The van der Waals surface area contributed by atoms with E-state index < -0.39 is 10.3 Å². The normalized spacial score (nSPS) is 12.5. The Bertz CT molecular complexity index is 704. The Morgan fingerprint density at radius 1 is 1.08 bits per heavy atom. The number of amides is 1. The number of rotatable bonds is 5. The maximum absolute atomic E-state index is 12.4. The molecule has 0 heterocycles. The van der Waals surface area contributed by atoms with Crippen LogP contribution in [-0.2, 0) is 11.2 Å². The fourth-order valence-corrected chi connectivity index (χ4v) is 2.30. The Hall–Kier alpha value is -2.69. The Morgan fingerprint density at radius 2 is 1.67 bits per heavy atom. The third kappa shape index (κ3) is 4.65. The molecule has 2 rings (SSSR count). The van der Waals surface area contributed by atoms with E-state index in [1.54, 1.807) is 12.1 Å². The van der Waals surface area contributed by atoms with E-state index in [-0.39, 0.29) is 17.6 Å². The number of nitro benzene ring substituents is 1. The van der Waals surface area contributed by atoms with Gasteiger partial charge in [-0.15, -0.1) is 0 Å². The van der Waals surface area contributed by atoms with Gasteiger partial charge in [-0.2, -0.15) is 0 Å². The number of carbonyl (C=O) groups is 1. The zero-order valence-electron chi connectivity index (χ0n) is 14.2. The largest absolute Gasteiger partial charge is 0.349 e. The van der Waals surface area contributed by atoms with Gasteiger partial charge in [0.25, 0.3) is 5.69 Å². The average Bonchev–Trinajstić information content (AvgIpc) is 2.54. The Morgan fingerprint density at radius 3 is 2.17 bits per heavy atom. The number of non-ortho nitro benzene ring substituents is 1. The zero-order valence-corrected chi connectivity index (χ0v) is 14.2. The van der Waals surface area contributed by atoms with Crippen molar-refractivity contribution < 1.29 is 9.72 Å². The highest BCUT2D eigenvalue weighted by molar-refractivity contribution is 5.81. The number of nitrogens with one attached hydrogen (secondary N) is 1. The lowest BCUT2D eigenvalue weighted by Crippen LogP contribution is -2.38. The first kappa shape index (κ1) is 17.7. The molecule has 0 spiro atoms. The van der Waals surface area contributed by atoms with E-state index in [4.69, 9.17) is 0 Å². The lowest BCUT2D eigenvalue weighted by molar-refractivity contribution is -0.384. The van der Waals surface area contributed by atoms with Crippen molar-refractivity contribution in [1.29, 1.82) is 0 Å². The molecule has 0 saturated carbocycles. The SMILES string of the molecule is CC(C)(C)C(=O)NC(Cc1ccc([N+](=O)[O-])cc1)c1ccccc1. The summed E-state index contributed by atoms with van der Waals surface area (Å²) in [6.45, 7) is 5.61. The van der Waals surface area contributed by atoms with E-state index in [0.717, 1.165) is 11.1 Å². The van der Waals surface area contributed by atoms with Gasteiger partial charge in [-0.3, -0.25) is 14.9 Å². The summed E-state index contributed by atoms with van der Waals surface area (Å²) in [6, 6.07) is 16.0. The van der Waals surface area contributed by atoms with E-state index in [1.807, 2.05) is 51.1 Å². The highest BCUT2D eigenvalue weighted by Crippen LogP contribution is 2.23. The summed E-state index contributed by atoms with van der Waals surface area (Å²) in [4.78, 5) is 22.7. The summed E-state index contributed by atoms with van der Waals surface area (Å²) in [7, 11) is 0. The molecular weight excluding hydrogens is 304 g/mol. The molecule has 5 heteroatoms. The number of nitrogens with zero attached hydrogens (tertiary/aromatic N) is 1. The minimum atomic E-state index is -0.484. The number of carbonyl (C=O) groups excluding carboxylic acids is 1. The van der Waals surface area contributed by atoms with E-state index >= 15 is 0 Å². The van der Waals surface area contributed by atoms with Crippen molar-refractivity contribution in [1.82, 2.24) is 5.32 Å². The van der Waals surface area contributed by atoms with Crippen molar-refractivity contribution in [2.45, 2.75) is 33.2 Å². The van der Waals surface area contributed by atoms with Crippen LogP contribution in [0.3, 0.4) is 0 Å². The second-order valence-electron chi connectivity index (χ2n) is 6.81. The molecule has 24 heavy (non-hydrogen) atoms. The van der Waals surface area contributed by atoms with Gasteiger partial charge in [0.05, 0.1) is 11.0 Å². The molecule has 0 fully saturated rings. The van der Waals surface area contributed by atoms with Gasteiger partial charge in [0.15, 0.2) is 0 Å². The van der Waals surface area contributed by atoms with Gasteiger partial charge in [0.2, 0.25) is 5.91 Å². The second kappa shape index (κ2) is 7.25. The van der Waals surface area contributed by atoms with Crippen LogP contribution in [0.15, 0.2) is 54.6 Å². The fourth-order valence-electron chi connectivity index (χ4n) is 2.30. The highest BCUT2D eigenvalue weighted by atomic mass is 16.6. The number of hydrogen-bond acceptors (Lipinski definition) is 3. The molecule has 0 radical (unpaired) electrons. The van der Waals surface area contributed by atoms with Crippen LogP contribution in [0.2, 0.25) is 0 Å². The average molecular weight is 326 g/mol. The summed E-state index contributed by atoms with van der Waals surface area (Å²) >= 11 is 0. The predicted octanol–water partition coefficient (Wildman–Crippen LogP) is 4.04. The topological polar surface area (TPSA) is 72.2 Å². The van der Waals surface area contributed by atoms with Crippen molar-refractivity contribution in [3.05, 3.63) is 75.8 Å². The van der Waals surface area contributed by atoms with Crippen LogP contribution < -0.4 is 5.32 Å². The predicted molar refractivity (Wildman–Crippen MR) is 93.6 cm³/mol. The molecule has 2 aromatic carbocycles. The fraction of sp³-hybridized carbons (Fsp3) is 0.316. The van der Waals surface area contributed by atoms with E-state index in [0.29, 0.717) is 6.42 Å². The van der Waals surface area contributed by atoms with Crippen molar-refractivity contribution in [2.24, 2.45) is 5.41 Å². The van der Waals surface area contributed by atoms with E-state index in [9.17, 15) is 14.9 Å². The van der Waals surface area contributed by atoms with Gasteiger partial charge in [-0.05, 0) is 17.5 Å². The van der Waals surface area contributed by atoms with Crippen molar-refractivity contribution in [2.75, 3.05) is 0 Å². The van der Waals surface area contributed by atoms with Gasteiger partial charge < -0.3 is 5.32 Å². The van der Waals surface area contributed by atoms with Gasteiger partial charge in [0.1, 0.15) is 0 Å². The Kier molecular flexibility index (Phi) is 5.34. The summed E-state index contributed by atoms with van der Waals surface area (Å²) in [5.41, 5.74) is 1.52. The van der Waals surface area contributed by atoms with Gasteiger partial charge in [0, 0.05) is 17.5 Å². The molecule has 1 unspecified atom stereocenters. The number of benzene rings is 2. The van der Waals surface area contributed by atoms with Crippen LogP contribution in [0.25, 0.3) is 0 Å². The van der Waals surface area contributed by atoms with Gasteiger partial charge in [-0.25, -0.2) is 0 Å². The van der Waals surface area contributed by atoms with Crippen LogP contribution in [0.5, 0.6) is 0 Å². The Labute approximate surface area is 141 Å². The molecule has 0 aliphatic carbocycles. The molecule has 1 atom stereocenters. The van der Waals surface area contributed by atoms with E-state index in [1.165, 1.54) is 12.1 Å². The second-order valence-corrected chi connectivity index (χ2v) is 6.81. The number of hydrogen-bond donors (Lipinski definition) is 1. The quantitative estimate of drug-likeness (QED) is 0.665. The molecule has 0 saturated heterocycles. The molecule has 1 amide bonds. The molecule has 1 N–H and O–H groups in total. The van der Waals surface area contributed by atoms with Crippen LogP contribution in [0, 0.1) is 15.5 Å². The molecule has 0 aliphatic rings. The standard InChI is InChI=1S/C19H22N2O3/c1-19(2,3)18(22)20-17(15-7-5-4-6-8-15)13-14-9-11-16(12-10-14)21(23)24/h4-12,17H,13H2,1-3H3,(H,20,22). The maximum atomic E-state index is 12.4. The molecule has 2 aromatic rings. The summed E-state index contributed by atoms with van der Waals surface area (Å²) in [6.07, 6.45) is 0.573. The first-order valence-electron chi connectivity index (χ1n) is 7.86.